The lowest BCUT2D eigenvalue weighted by atomic mass is 9.98. The van der Waals surface area contributed by atoms with Crippen LogP contribution in [-0.4, -0.2) is 16.0 Å². The number of rotatable bonds is 3. The average Bonchev–Trinajstić information content (AvgIpc) is 2.44. The highest BCUT2D eigenvalue weighted by Gasteiger charge is 2.30. The molecule has 0 atom stereocenters. The molecule has 0 aliphatic heterocycles. The van der Waals surface area contributed by atoms with Crippen molar-refractivity contribution in [2.45, 2.75) is 52.3 Å². The van der Waals surface area contributed by atoms with Crippen LogP contribution in [0.4, 0.5) is 13.2 Å². The van der Waals surface area contributed by atoms with Gasteiger partial charge in [-0.05, 0) is 17.4 Å². The van der Waals surface area contributed by atoms with E-state index in [4.69, 9.17) is 0 Å². The molecule has 0 unspecified atom stereocenters. The largest absolute Gasteiger partial charge is 0.408 e. The van der Waals surface area contributed by atoms with E-state index >= 15 is 0 Å². The summed E-state index contributed by atoms with van der Waals surface area (Å²) in [5.41, 5.74) is 1.59. The van der Waals surface area contributed by atoms with Crippen LogP contribution in [0.25, 0.3) is 0 Å². The first-order chi connectivity index (χ1) is 7.22. The van der Waals surface area contributed by atoms with Gasteiger partial charge in [-0.1, -0.05) is 27.7 Å². The lowest BCUT2D eigenvalue weighted by molar-refractivity contribution is -0.143. The Balaban J connectivity index is 3.11. The van der Waals surface area contributed by atoms with Gasteiger partial charge in [0.05, 0.1) is 6.20 Å². The summed E-state index contributed by atoms with van der Waals surface area (Å²) in [5, 5.41) is 3.84. The number of nitrogens with zero attached hydrogens (tertiary/aromatic N) is 2. The van der Waals surface area contributed by atoms with Crippen LogP contribution in [0.2, 0.25) is 0 Å². The lowest BCUT2D eigenvalue weighted by Crippen LogP contribution is -2.21. The topological polar surface area (TPSA) is 17.8 Å². The minimum atomic E-state index is -4.22. The van der Waals surface area contributed by atoms with Crippen molar-refractivity contribution in [1.82, 2.24) is 9.78 Å². The lowest BCUT2D eigenvalue weighted by Gasteiger charge is -2.15. The van der Waals surface area contributed by atoms with Gasteiger partial charge in [0.25, 0.3) is 0 Å². The molecule has 0 aliphatic rings. The summed E-state index contributed by atoms with van der Waals surface area (Å²) in [4.78, 5) is 0. The first-order valence-electron chi connectivity index (χ1n) is 5.34. The fourth-order valence-corrected chi connectivity index (χ4v) is 1.78. The molecule has 2 nitrogen and oxygen atoms in total. The summed E-state index contributed by atoms with van der Waals surface area (Å²) in [6.07, 6.45) is -2.67. The van der Waals surface area contributed by atoms with Gasteiger partial charge in [0, 0.05) is 5.69 Å². The fraction of sp³-hybridized carbons (Fsp3) is 0.727. The minimum Gasteiger partial charge on any atom is -0.260 e. The van der Waals surface area contributed by atoms with Crippen LogP contribution in [0.5, 0.6) is 0 Å². The van der Waals surface area contributed by atoms with Gasteiger partial charge < -0.3 is 0 Å². The fourth-order valence-electron chi connectivity index (χ4n) is 1.78. The normalized spacial score (nSPS) is 12.8. The molecule has 0 radical (unpaired) electrons. The molecule has 1 rings (SSSR count). The molecule has 16 heavy (non-hydrogen) atoms. The molecule has 0 spiro atoms. The van der Waals surface area contributed by atoms with Crippen LogP contribution < -0.4 is 0 Å². The summed E-state index contributed by atoms with van der Waals surface area (Å²) in [7, 11) is 0. The van der Waals surface area contributed by atoms with Crippen LogP contribution in [-0.2, 0) is 6.54 Å². The maximum absolute atomic E-state index is 12.3. The van der Waals surface area contributed by atoms with Crippen LogP contribution in [0, 0.1) is 0 Å². The zero-order valence-corrected chi connectivity index (χ0v) is 9.97. The van der Waals surface area contributed by atoms with Crippen molar-refractivity contribution in [3.63, 3.8) is 0 Å². The third-order valence-corrected chi connectivity index (χ3v) is 2.41. The highest BCUT2D eigenvalue weighted by Crippen LogP contribution is 2.28. The molecule has 1 aromatic heterocycles. The number of alkyl halides is 3. The van der Waals surface area contributed by atoms with E-state index in [2.05, 4.69) is 5.10 Å². The van der Waals surface area contributed by atoms with Crippen molar-refractivity contribution in [1.29, 1.82) is 0 Å². The van der Waals surface area contributed by atoms with E-state index in [1.807, 2.05) is 27.7 Å². The highest BCUT2D eigenvalue weighted by molar-refractivity contribution is 5.24. The Hall–Kier alpha value is -1.00. The number of aromatic nitrogens is 2. The molecular formula is C11H17F3N2. The summed E-state index contributed by atoms with van der Waals surface area (Å²) >= 11 is 0. The molecular weight excluding hydrogens is 217 g/mol. The van der Waals surface area contributed by atoms with Gasteiger partial charge in [-0.3, -0.25) is 4.68 Å². The summed E-state index contributed by atoms with van der Waals surface area (Å²) in [5.74, 6) is 0.238. The summed E-state index contributed by atoms with van der Waals surface area (Å²) in [6, 6.07) is 0. The molecule has 0 amide bonds. The molecule has 0 aromatic carbocycles. The van der Waals surface area contributed by atoms with Crippen molar-refractivity contribution in [3.05, 3.63) is 17.5 Å². The average molecular weight is 234 g/mol. The molecule has 0 aliphatic carbocycles. The van der Waals surface area contributed by atoms with Crippen molar-refractivity contribution in [2.24, 2.45) is 0 Å². The van der Waals surface area contributed by atoms with E-state index in [0.29, 0.717) is 5.69 Å². The highest BCUT2D eigenvalue weighted by atomic mass is 19.4. The predicted molar refractivity (Wildman–Crippen MR) is 56.5 cm³/mol. The Kier molecular flexibility index (Phi) is 3.65. The van der Waals surface area contributed by atoms with Crippen molar-refractivity contribution >= 4 is 0 Å². The van der Waals surface area contributed by atoms with Crippen molar-refractivity contribution in [3.8, 4) is 0 Å². The van der Waals surface area contributed by atoms with Gasteiger partial charge in [-0.2, -0.15) is 18.3 Å². The third kappa shape index (κ3) is 3.00. The molecule has 0 saturated heterocycles. The van der Waals surface area contributed by atoms with Gasteiger partial charge in [0.1, 0.15) is 6.54 Å². The zero-order chi connectivity index (χ0) is 12.5. The SMILES string of the molecule is CC(C)c1cnn(CC(F)(F)F)c1C(C)C. The molecule has 1 aromatic rings. The monoisotopic (exact) mass is 234 g/mol. The first-order valence-corrected chi connectivity index (χ1v) is 5.34. The Bertz CT molecular complexity index is 351. The molecule has 1 heterocycles. The van der Waals surface area contributed by atoms with E-state index in [0.717, 1.165) is 10.2 Å². The Morgan fingerprint density at radius 2 is 1.75 bits per heavy atom. The van der Waals surface area contributed by atoms with E-state index < -0.39 is 12.7 Å². The van der Waals surface area contributed by atoms with Crippen LogP contribution >= 0.6 is 0 Å². The van der Waals surface area contributed by atoms with E-state index in [9.17, 15) is 13.2 Å². The Labute approximate surface area is 93.5 Å². The molecule has 0 N–H and O–H groups in total. The molecule has 0 fully saturated rings. The smallest absolute Gasteiger partial charge is 0.260 e. The van der Waals surface area contributed by atoms with Gasteiger partial charge >= 0.3 is 6.18 Å². The van der Waals surface area contributed by atoms with Gasteiger partial charge in [0.15, 0.2) is 0 Å². The minimum absolute atomic E-state index is 0.0437. The maximum atomic E-state index is 12.3. The van der Waals surface area contributed by atoms with Gasteiger partial charge in [-0.25, -0.2) is 0 Å². The van der Waals surface area contributed by atoms with Crippen LogP contribution in [0.15, 0.2) is 6.20 Å². The van der Waals surface area contributed by atoms with Crippen LogP contribution in [0.1, 0.15) is 50.8 Å². The number of hydrogen-bond acceptors (Lipinski definition) is 1. The number of hydrogen-bond donors (Lipinski definition) is 0. The van der Waals surface area contributed by atoms with Gasteiger partial charge in [-0.15, -0.1) is 0 Å². The quantitative estimate of drug-likeness (QED) is 0.779. The number of halogens is 3. The zero-order valence-electron chi connectivity index (χ0n) is 9.97. The molecule has 0 saturated carbocycles. The van der Waals surface area contributed by atoms with Crippen LogP contribution in [0.3, 0.4) is 0 Å². The molecule has 0 bridgehead atoms. The van der Waals surface area contributed by atoms with E-state index in [1.54, 1.807) is 6.20 Å². The molecule has 92 valence electrons. The van der Waals surface area contributed by atoms with E-state index in [1.165, 1.54) is 0 Å². The standard InChI is InChI=1S/C11H17F3N2/c1-7(2)9-5-15-16(6-11(12,13)14)10(9)8(3)4/h5,7-8H,6H2,1-4H3. The first kappa shape index (κ1) is 13.1. The second-order valence-corrected chi connectivity index (χ2v) is 4.57. The second-order valence-electron chi connectivity index (χ2n) is 4.57. The Morgan fingerprint density at radius 3 is 2.12 bits per heavy atom. The predicted octanol–water partition coefficient (Wildman–Crippen LogP) is 3.69. The van der Waals surface area contributed by atoms with Gasteiger partial charge in [0.2, 0.25) is 0 Å². The third-order valence-electron chi connectivity index (χ3n) is 2.41. The van der Waals surface area contributed by atoms with E-state index in [-0.39, 0.29) is 11.8 Å². The maximum Gasteiger partial charge on any atom is 0.408 e. The summed E-state index contributed by atoms with van der Waals surface area (Å²) in [6.45, 7) is 6.68. The second kappa shape index (κ2) is 4.47. The Morgan fingerprint density at radius 1 is 1.19 bits per heavy atom. The van der Waals surface area contributed by atoms with Crippen molar-refractivity contribution in [2.75, 3.05) is 0 Å². The molecule has 5 heteroatoms. The summed E-state index contributed by atoms with van der Waals surface area (Å²) < 4.78 is 38.1. The van der Waals surface area contributed by atoms with Crippen molar-refractivity contribution < 1.29 is 13.2 Å².